The molecule has 0 aliphatic rings. The number of para-hydroxylation sites is 1. The molecule has 0 atom stereocenters. The largest absolute Gasteiger partial charge is 0.433 e. The fourth-order valence-corrected chi connectivity index (χ4v) is 4.34. The number of nitrogens with one attached hydrogen (secondary N) is 1. The number of anilines is 1. The van der Waals surface area contributed by atoms with Gasteiger partial charge in [0.05, 0.1) is 17.1 Å². The van der Waals surface area contributed by atoms with E-state index < -0.39 is 29.0 Å². The Hall–Kier alpha value is -4.38. The van der Waals surface area contributed by atoms with Crippen molar-refractivity contribution in [3.8, 4) is 16.9 Å². The Morgan fingerprint density at radius 1 is 1.03 bits per heavy atom. The summed E-state index contributed by atoms with van der Waals surface area (Å²) in [5.74, 6) is -0.948. The van der Waals surface area contributed by atoms with Crippen LogP contribution in [0.25, 0.3) is 22.6 Å². The van der Waals surface area contributed by atoms with Crippen LogP contribution >= 0.6 is 11.6 Å². The first kappa shape index (κ1) is 25.3. The molecule has 2 aromatic carbocycles. The quantitative estimate of drug-likeness (QED) is 0.329. The summed E-state index contributed by atoms with van der Waals surface area (Å²) >= 11 is 6.37. The zero-order chi connectivity index (χ0) is 27.4. The van der Waals surface area contributed by atoms with Crippen LogP contribution in [0.4, 0.5) is 18.9 Å². The minimum atomic E-state index is -4.82. The van der Waals surface area contributed by atoms with Gasteiger partial charge < -0.3 is 5.32 Å². The molecule has 5 rings (SSSR count). The van der Waals surface area contributed by atoms with Crippen molar-refractivity contribution >= 4 is 28.8 Å². The molecule has 0 aliphatic carbocycles. The molecule has 3 aromatic heterocycles. The molecule has 0 radical (unpaired) electrons. The molecular formula is C26H20ClF3N6O2. The standard InChI is InChI=1S/C26H20ClF3N6O2/c1-14-9-11-16(12-10-14)18-13-19(26(28,29)30)35-23(31-18)20(27)22(33-35)24(37)32-21-15(2)34(3)36(25(21)38)17-7-5-4-6-8-17/h4-13H,1-3H3,(H,32,37). The second kappa shape index (κ2) is 9.18. The zero-order valence-electron chi connectivity index (χ0n) is 20.3. The fourth-order valence-electron chi connectivity index (χ4n) is 4.10. The number of nitrogens with zero attached hydrogens (tertiary/aromatic N) is 5. The van der Waals surface area contributed by atoms with Gasteiger partial charge in [0.2, 0.25) is 0 Å². The van der Waals surface area contributed by atoms with E-state index in [0.29, 0.717) is 21.5 Å². The maximum atomic E-state index is 14.0. The molecular weight excluding hydrogens is 521 g/mol. The van der Waals surface area contributed by atoms with Crippen LogP contribution in [0.5, 0.6) is 0 Å². The summed E-state index contributed by atoms with van der Waals surface area (Å²) in [5, 5.41) is 5.94. The van der Waals surface area contributed by atoms with Crippen molar-refractivity contribution in [2.45, 2.75) is 20.0 Å². The van der Waals surface area contributed by atoms with E-state index in [1.54, 1.807) is 73.3 Å². The number of alkyl halides is 3. The normalized spacial score (nSPS) is 11.8. The van der Waals surface area contributed by atoms with Crippen molar-refractivity contribution < 1.29 is 18.0 Å². The summed E-state index contributed by atoms with van der Waals surface area (Å²) in [6.07, 6.45) is -4.82. The number of carbonyl (C=O) groups excluding carboxylic acids is 1. The molecule has 38 heavy (non-hydrogen) atoms. The Bertz CT molecular complexity index is 1750. The van der Waals surface area contributed by atoms with Crippen molar-refractivity contribution in [3.63, 3.8) is 0 Å². The Morgan fingerprint density at radius 2 is 1.68 bits per heavy atom. The van der Waals surface area contributed by atoms with Gasteiger partial charge in [0.1, 0.15) is 10.7 Å². The van der Waals surface area contributed by atoms with Gasteiger partial charge >= 0.3 is 6.18 Å². The Kier molecular flexibility index (Phi) is 6.10. The highest BCUT2D eigenvalue weighted by molar-refractivity contribution is 6.37. The third-order valence-corrected chi connectivity index (χ3v) is 6.53. The number of aromatic nitrogens is 5. The average molecular weight is 541 g/mol. The number of aryl methyl sites for hydroxylation is 1. The summed E-state index contributed by atoms with van der Waals surface area (Å²) in [6.45, 7) is 3.47. The van der Waals surface area contributed by atoms with Crippen LogP contribution < -0.4 is 10.9 Å². The first-order valence-corrected chi connectivity index (χ1v) is 11.7. The number of carbonyl (C=O) groups is 1. The lowest BCUT2D eigenvalue weighted by atomic mass is 10.1. The SMILES string of the molecule is Cc1ccc(-c2cc(C(F)(F)F)n3nc(C(=O)Nc4c(C)n(C)n(-c5ccccc5)c4=O)c(Cl)c3n2)cc1. The van der Waals surface area contributed by atoms with Crippen molar-refractivity contribution in [1.82, 2.24) is 24.0 Å². The van der Waals surface area contributed by atoms with Gasteiger partial charge in [0, 0.05) is 12.6 Å². The highest BCUT2D eigenvalue weighted by Crippen LogP contribution is 2.34. The van der Waals surface area contributed by atoms with Gasteiger partial charge in [0.15, 0.2) is 17.0 Å². The van der Waals surface area contributed by atoms with Gasteiger partial charge in [-0.05, 0) is 32.0 Å². The third-order valence-electron chi connectivity index (χ3n) is 6.18. The smallest absolute Gasteiger partial charge is 0.314 e. The van der Waals surface area contributed by atoms with Gasteiger partial charge in [-0.3, -0.25) is 14.3 Å². The Balaban J connectivity index is 1.60. The first-order chi connectivity index (χ1) is 18.0. The molecule has 194 valence electrons. The number of hydrogen-bond acceptors (Lipinski definition) is 4. The summed E-state index contributed by atoms with van der Waals surface area (Å²) in [4.78, 5) is 30.6. The van der Waals surface area contributed by atoms with Crippen LogP contribution in [0.1, 0.15) is 27.4 Å². The van der Waals surface area contributed by atoms with E-state index in [1.807, 2.05) is 6.92 Å². The molecule has 0 fully saturated rings. The van der Waals surface area contributed by atoms with E-state index in [-0.39, 0.29) is 22.1 Å². The van der Waals surface area contributed by atoms with Crippen molar-refractivity contribution in [1.29, 1.82) is 0 Å². The minimum absolute atomic E-state index is 0.0169. The number of halogens is 4. The van der Waals surface area contributed by atoms with Crippen LogP contribution in [0.3, 0.4) is 0 Å². The van der Waals surface area contributed by atoms with Crippen LogP contribution in [0, 0.1) is 13.8 Å². The van der Waals surface area contributed by atoms with Gasteiger partial charge in [-0.25, -0.2) is 14.2 Å². The molecule has 12 heteroatoms. The van der Waals surface area contributed by atoms with Crippen molar-refractivity contribution in [3.05, 3.63) is 98.7 Å². The molecule has 0 bridgehead atoms. The first-order valence-electron chi connectivity index (χ1n) is 11.4. The van der Waals surface area contributed by atoms with E-state index in [4.69, 9.17) is 11.6 Å². The molecule has 1 N–H and O–H groups in total. The highest BCUT2D eigenvalue weighted by atomic mass is 35.5. The molecule has 1 amide bonds. The number of rotatable bonds is 4. The number of fused-ring (bicyclic) bond motifs is 1. The van der Waals surface area contributed by atoms with E-state index >= 15 is 0 Å². The molecule has 0 spiro atoms. The van der Waals surface area contributed by atoms with Crippen LogP contribution in [0.15, 0.2) is 65.5 Å². The van der Waals surface area contributed by atoms with Gasteiger partial charge in [-0.2, -0.15) is 18.3 Å². The fraction of sp³-hybridized carbons (Fsp3) is 0.154. The maximum absolute atomic E-state index is 14.0. The molecule has 8 nitrogen and oxygen atoms in total. The van der Waals surface area contributed by atoms with Crippen LogP contribution in [-0.2, 0) is 13.2 Å². The van der Waals surface area contributed by atoms with E-state index in [0.717, 1.165) is 11.6 Å². The lowest BCUT2D eigenvalue weighted by Gasteiger charge is -2.11. The average Bonchev–Trinajstić information content (AvgIpc) is 3.32. The predicted octanol–water partition coefficient (Wildman–Crippen LogP) is 5.43. The third kappa shape index (κ3) is 4.24. The van der Waals surface area contributed by atoms with Crippen molar-refractivity contribution in [2.24, 2.45) is 7.05 Å². The number of amides is 1. The van der Waals surface area contributed by atoms with Crippen LogP contribution in [0.2, 0.25) is 5.02 Å². The van der Waals surface area contributed by atoms with E-state index in [2.05, 4.69) is 15.4 Å². The van der Waals surface area contributed by atoms with E-state index in [1.165, 1.54) is 4.68 Å². The molecule has 0 aliphatic heterocycles. The lowest BCUT2D eigenvalue weighted by Crippen LogP contribution is -2.23. The molecule has 0 unspecified atom stereocenters. The van der Waals surface area contributed by atoms with Gasteiger partial charge in [0.25, 0.3) is 11.5 Å². The second-order valence-corrected chi connectivity index (χ2v) is 9.06. The van der Waals surface area contributed by atoms with Gasteiger partial charge in [-0.1, -0.05) is 59.6 Å². The van der Waals surface area contributed by atoms with Crippen molar-refractivity contribution in [2.75, 3.05) is 5.32 Å². The molecule has 3 heterocycles. The zero-order valence-corrected chi connectivity index (χ0v) is 21.1. The highest BCUT2D eigenvalue weighted by Gasteiger charge is 2.37. The Morgan fingerprint density at radius 3 is 2.32 bits per heavy atom. The van der Waals surface area contributed by atoms with Crippen LogP contribution in [-0.4, -0.2) is 29.9 Å². The summed E-state index contributed by atoms with van der Waals surface area (Å²) in [6, 6.07) is 16.4. The molecule has 0 saturated heterocycles. The maximum Gasteiger partial charge on any atom is 0.433 e. The van der Waals surface area contributed by atoms with E-state index in [9.17, 15) is 22.8 Å². The summed E-state index contributed by atoms with van der Waals surface area (Å²) in [5.41, 5.74) is -0.209. The molecule has 0 saturated carbocycles. The number of hydrogen-bond donors (Lipinski definition) is 1. The summed E-state index contributed by atoms with van der Waals surface area (Å²) in [7, 11) is 1.64. The lowest BCUT2D eigenvalue weighted by molar-refractivity contribution is -0.142. The Labute approximate surface area is 218 Å². The summed E-state index contributed by atoms with van der Waals surface area (Å²) < 4.78 is 45.4. The topological polar surface area (TPSA) is 86.2 Å². The minimum Gasteiger partial charge on any atom is -0.314 e. The molecule has 5 aromatic rings. The number of benzene rings is 2. The predicted molar refractivity (Wildman–Crippen MR) is 137 cm³/mol. The second-order valence-electron chi connectivity index (χ2n) is 8.68. The monoisotopic (exact) mass is 540 g/mol. The van der Waals surface area contributed by atoms with Gasteiger partial charge in [-0.15, -0.1) is 0 Å².